The highest BCUT2D eigenvalue weighted by Gasteiger charge is 2.47. The van der Waals surface area contributed by atoms with E-state index < -0.39 is 29.4 Å². The zero-order chi connectivity index (χ0) is 19.9. The Kier molecular flexibility index (Phi) is 4.90. The lowest BCUT2D eigenvalue weighted by atomic mass is 9.87. The van der Waals surface area contributed by atoms with Crippen molar-refractivity contribution >= 4 is 16.9 Å². The third-order valence-electron chi connectivity index (χ3n) is 4.57. The Balaban J connectivity index is 2.13. The van der Waals surface area contributed by atoms with Crippen LogP contribution in [0.15, 0.2) is 27.4 Å². The molecule has 2 heterocycles. The fourth-order valence-electron chi connectivity index (χ4n) is 3.33. The topological polar surface area (TPSA) is 95.2 Å². The number of hydrogen-bond donors (Lipinski definition) is 1. The first kappa shape index (κ1) is 19.2. The lowest BCUT2D eigenvalue weighted by Gasteiger charge is -2.42. The van der Waals surface area contributed by atoms with Crippen LogP contribution >= 0.6 is 0 Å². The van der Waals surface area contributed by atoms with Gasteiger partial charge in [-0.15, -0.1) is 0 Å². The third-order valence-corrected chi connectivity index (χ3v) is 4.57. The summed E-state index contributed by atoms with van der Waals surface area (Å²) in [6.45, 7) is 7.27. The number of hydrogen-bond acceptors (Lipinski definition) is 7. The van der Waals surface area contributed by atoms with E-state index in [9.17, 15) is 14.7 Å². The number of ether oxygens (including phenoxy) is 3. The van der Waals surface area contributed by atoms with Gasteiger partial charge in [-0.3, -0.25) is 4.79 Å². The molecule has 1 aliphatic rings. The van der Waals surface area contributed by atoms with Crippen molar-refractivity contribution in [3.05, 3.63) is 34.2 Å². The normalized spacial score (nSPS) is 20.9. The van der Waals surface area contributed by atoms with Crippen LogP contribution in [0.25, 0.3) is 11.0 Å². The summed E-state index contributed by atoms with van der Waals surface area (Å²) in [5.41, 5.74) is -1.13. The average molecular weight is 376 g/mol. The lowest BCUT2D eigenvalue weighted by Crippen LogP contribution is -2.51. The molecule has 0 radical (unpaired) electrons. The highest BCUT2D eigenvalue weighted by Crippen LogP contribution is 2.47. The van der Waals surface area contributed by atoms with Crippen LogP contribution in [-0.2, 0) is 9.53 Å². The lowest BCUT2D eigenvalue weighted by molar-refractivity contribution is -0.178. The second kappa shape index (κ2) is 6.88. The molecule has 2 aromatic rings. The van der Waals surface area contributed by atoms with Gasteiger partial charge in [-0.05, 0) is 25.8 Å². The minimum absolute atomic E-state index is 0.123. The van der Waals surface area contributed by atoms with E-state index in [-0.39, 0.29) is 23.5 Å². The van der Waals surface area contributed by atoms with Crippen LogP contribution in [0.4, 0.5) is 0 Å². The van der Waals surface area contributed by atoms with Crippen molar-refractivity contribution in [2.45, 2.75) is 51.9 Å². The fraction of sp³-hybridized carbons (Fsp3) is 0.500. The van der Waals surface area contributed by atoms with Gasteiger partial charge in [0.2, 0.25) is 0 Å². The van der Waals surface area contributed by atoms with Gasteiger partial charge in [0.1, 0.15) is 23.2 Å². The predicted molar refractivity (Wildman–Crippen MR) is 98.0 cm³/mol. The molecule has 0 saturated carbocycles. The van der Waals surface area contributed by atoms with E-state index in [1.165, 1.54) is 13.2 Å². The van der Waals surface area contributed by atoms with E-state index in [0.717, 1.165) is 0 Å². The fourth-order valence-corrected chi connectivity index (χ4v) is 3.33. The van der Waals surface area contributed by atoms with Crippen molar-refractivity contribution in [3.63, 3.8) is 0 Å². The molecule has 146 valence electrons. The van der Waals surface area contributed by atoms with Gasteiger partial charge < -0.3 is 23.7 Å². The minimum Gasteiger partial charge on any atom is -0.496 e. The molecule has 1 N–H and O–H groups in total. The summed E-state index contributed by atoms with van der Waals surface area (Å²) in [6.07, 6.45) is -1.96. The molecule has 7 heteroatoms. The summed E-state index contributed by atoms with van der Waals surface area (Å²) in [6, 6.07) is 4.47. The molecule has 27 heavy (non-hydrogen) atoms. The second-order valence-corrected chi connectivity index (χ2v) is 7.65. The van der Waals surface area contributed by atoms with Gasteiger partial charge >= 0.3 is 11.6 Å². The summed E-state index contributed by atoms with van der Waals surface area (Å²) in [4.78, 5) is 24.0. The van der Waals surface area contributed by atoms with Gasteiger partial charge in [0.25, 0.3) is 0 Å². The molecule has 0 fully saturated rings. The first-order valence-corrected chi connectivity index (χ1v) is 8.85. The summed E-state index contributed by atoms with van der Waals surface area (Å²) >= 11 is 0. The zero-order valence-corrected chi connectivity index (χ0v) is 16.1. The highest BCUT2D eigenvalue weighted by atomic mass is 16.6. The van der Waals surface area contributed by atoms with E-state index in [4.69, 9.17) is 18.6 Å². The zero-order valence-electron chi connectivity index (χ0n) is 16.1. The summed E-state index contributed by atoms with van der Waals surface area (Å²) in [5.74, 6) is 0.471. The monoisotopic (exact) mass is 376 g/mol. The van der Waals surface area contributed by atoms with Gasteiger partial charge in [-0.1, -0.05) is 13.8 Å². The molecule has 1 aromatic heterocycles. The van der Waals surface area contributed by atoms with Crippen LogP contribution < -0.4 is 15.1 Å². The number of aliphatic hydroxyl groups is 1. The number of fused-ring (bicyclic) bond motifs is 3. The van der Waals surface area contributed by atoms with Crippen molar-refractivity contribution in [2.75, 3.05) is 7.11 Å². The maximum absolute atomic E-state index is 12.2. The number of carbonyl (C=O) groups is 1. The first-order valence-electron chi connectivity index (χ1n) is 8.85. The van der Waals surface area contributed by atoms with Gasteiger partial charge in [-0.2, -0.15) is 0 Å². The number of benzene rings is 1. The predicted octanol–water partition coefficient (Wildman–Crippen LogP) is 2.96. The Morgan fingerprint density at radius 2 is 2.04 bits per heavy atom. The summed E-state index contributed by atoms with van der Waals surface area (Å²) in [5, 5.41) is 11.6. The average Bonchev–Trinajstić information content (AvgIpc) is 2.56. The molecule has 0 saturated heterocycles. The molecule has 7 nitrogen and oxygen atoms in total. The van der Waals surface area contributed by atoms with Crippen molar-refractivity contribution < 1.29 is 28.5 Å². The van der Waals surface area contributed by atoms with Crippen molar-refractivity contribution in [3.8, 4) is 11.5 Å². The molecule has 0 aliphatic carbocycles. The molecular formula is C20H24O7. The Hall–Kier alpha value is -2.54. The van der Waals surface area contributed by atoms with Crippen LogP contribution in [0.3, 0.4) is 0 Å². The molecule has 0 amide bonds. The third kappa shape index (κ3) is 3.51. The second-order valence-electron chi connectivity index (χ2n) is 7.65. The van der Waals surface area contributed by atoms with E-state index in [1.54, 1.807) is 26.0 Å². The maximum atomic E-state index is 12.2. The molecule has 3 rings (SSSR count). The molecule has 1 aliphatic heterocycles. The summed E-state index contributed by atoms with van der Waals surface area (Å²) < 4.78 is 22.3. The number of aliphatic hydroxyl groups excluding tert-OH is 1. The Morgan fingerprint density at radius 1 is 1.33 bits per heavy atom. The van der Waals surface area contributed by atoms with Crippen LogP contribution in [0.2, 0.25) is 0 Å². The van der Waals surface area contributed by atoms with Crippen molar-refractivity contribution in [2.24, 2.45) is 5.92 Å². The number of esters is 1. The van der Waals surface area contributed by atoms with Crippen LogP contribution in [0.1, 0.15) is 45.8 Å². The van der Waals surface area contributed by atoms with Crippen molar-refractivity contribution in [1.29, 1.82) is 0 Å². The van der Waals surface area contributed by atoms with E-state index in [0.29, 0.717) is 16.9 Å². The first-order chi connectivity index (χ1) is 12.6. The molecule has 1 aromatic carbocycles. The van der Waals surface area contributed by atoms with Gasteiger partial charge in [-0.25, -0.2) is 4.79 Å². The quantitative estimate of drug-likeness (QED) is 0.647. The number of carbonyl (C=O) groups excluding carboxylic acids is 1. The Bertz CT molecular complexity index is 926. The minimum atomic E-state index is -1.22. The molecular weight excluding hydrogens is 352 g/mol. The number of rotatable bonds is 4. The van der Waals surface area contributed by atoms with E-state index in [1.807, 2.05) is 13.8 Å². The molecule has 0 spiro atoms. The van der Waals surface area contributed by atoms with Crippen LogP contribution in [-0.4, -0.2) is 29.9 Å². The molecule has 0 unspecified atom stereocenters. The number of methoxy groups -OCH3 is 1. The standard InChI is InChI=1S/C20H24O7/c1-10(2)8-15(22)26-19-17(23)16-13(27-20(19,3)4)9-12(24-5)11-6-7-14(21)25-18(11)16/h6-7,9-10,17,19,23H,8H2,1-5H3/t17-,19+/m0/s1. The highest BCUT2D eigenvalue weighted by molar-refractivity contribution is 5.89. The molecule has 0 bridgehead atoms. The Labute approximate surface area is 156 Å². The van der Waals surface area contributed by atoms with Crippen LogP contribution in [0, 0.1) is 5.92 Å². The van der Waals surface area contributed by atoms with Crippen LogP contribution in [0.5, 0.6) is 11.5 Å². The van der Waals surface area contributed by atoms with Gasteiger partial charge in [0, 0.05) is 18.6 Å². The largest absolute Gasteiger partial charge is 0.496 e. The smallest absolute Gasteiger partial charge is 0.336 e. The molecule has 2 atom stereocenters. The Morgan fingerprint density at radius 3 is 2.67 bits per heavy atom. The van der Waals surface area contributed by atoms with Crippen molar-refractivity contribution in [1.82, 2.24) is 0 Å². The van der Waals surface area contributed by atoms with E-state index in [2.05, 4.69) is 0 Å². The SMILES string of the molecule is COc1cc2c(c3oc(=O)ccc13)[C@H](O)[C@@H](OC(=O)CC(C)C)C(C)(C)O2. The van der Waals surface area contributed by atoms with Gasteiger partial charge in [0.05, 0.1) is 18.1 Å². The summed E-state index contributed by atoms with van der Waals surface area (Å²) in [7, 11) is 1.49. The maximum Gasteiger partial charge on any atom is 0.336 e. The van der Waals surface area contributed by atoms with E-state index >= 15 is 0 Å². The van der Waals surface area contributed by atoms with Gasteiger partial charge in [0.15, 0.2) is 11.7 Å².